The maximum absolute atomic E-state index is 12.0. The molecule has 134 valence electrons. The zero-order valence-electron chi connectivity index (χ0n) is 14.4. The highest BCUT2D eigenvalue weighted by molar-refractivity contribution is 7.08. The normalized spacial score (nSPS) is 16.8. The van der Waals surface area contributed by atoms with Crippen LogP contribution >= 0.6 is 11.3 Å². The molecule has 1 aromatic rings. The van der Waals surface area contributed by atoms with Crippen LogP contribution in [-0.4, -0.2) is 62.1 Å². The van der Waals surface area contributed by atoms with Crippen LogP contribution in [0.15, 0.2) is 16.8 Å². The van der Waals surface area contributed by atoms with E-state index in [1.807, 2.05) is 5.38 Å². The van der Waals surface area contributed by atoms with E-state index in [9.17, 15) is 9.59 Å². The molecule has 2 N–H and O–H groups in total. The number of amides is 2. The third kappa shape index (κ3) is 6.22. The first kappa shape index (κ1) is 18.9. The van der Waals surface area contributed by atoms with Crippen LogP contribution in [0.25, 0.3) is 0 Å². The van der Waals surface area contributed by atoms with Gasteiger partial charge < -0.3 is 15.4 Å². The SMILES string of the molecule is CC(C)CC(CNC(=O)CNC(=O)c1ccsc1)N1CCOCC1. The predicted molar refractivity (Wildman–Crippen MR) is 95.3 cm³/mol. The van der Waals surface area contributed by atoms with Gasteiger partial charge in [-0.3, -0.25) is 14.5 Å². The third-order valence-corrected chi connectivity index (χ3v) is 4.72. The third-order valence-electron chi connectivity index (χ3n) is 4.03. The van der Waals surface area contributed by atoms with Crippen molar-refractivity contribution in [3.63, 3.8) is 0 Å². The Kier molecular flexibility index (Phi) is 7.68. The van der Waals surface area contributed by atoms with E-state index in [2.05, 4.69) is 29.4 Å². The van der Waals surface area contributed by atoms with Crippen LogP contribution < -0.4 is 10.6 Å². The summed E-state index contributed by atoms with van der Waals surface area (Å²) in [4.78, 5) is 26.2. The first-order valence-electron chi connectivity index (χ1n) is 8.45. The smallest absolute Gasteiger partial charge is 0.252 e. The fraction of sp³-hybridized carbons (Fsp3) is 0.647. The molecule has 0 saturated carbocycles. The summed E-state index contributed by atoms with van der Waals surface area (Å²) in [6.07, 6.45) is 1.03. The van der Waals surface area contributed by atoms with Gasteiger partial charge in [-0.25, -0.2) is 0 Å². The molecule has 0 radical (unpaired) electrons. The van der Waals surface area contributed by atoms with Crippen LogP contribution in [0.1, 0.15) is 30.6 Å². The molecule has 2 amide bonds. The average molecular weight is 353 g/mol. The lowest BCUT2D eigenvalue weighted by atomic mass is 10.0. The van der Waals surface area contributed by atoms with Crippen LogP contribution in [0.4, 0.5) is 0 Å². The van der Waals surface area contributed by atoms with Crippen LogP contribution in [0.2, 0.25) is 0 Å². The molecule has 7 heteroatoms. The van der Waals surface area contributed by atoms with Crippen molar-refractivity contribution < 1.29 is 14.3 Å². The fourth-order valence-corrected chi connectivity index (χ4v) is 3.43. The molecule has 1 fully saturated rings. The molecule has 1 aliphatic rings. The van der Waals surface area contributed by atoms with Crippen molar-refractivity contribution in [3.8, 4) is 0 Å². The molecule has 6 nitrogen and oxygen atoms in total. The monoisotopic (exact) mass is 353 g/mol. The minimum absolute atomic E-state index is 0.00614. The van der Waals surface area contributed by atoms with E-state index in [1.165, 1.54) is 11.3 Å². The Balaban J connectivity index is 1.75. The van der Waals surface area contributed by atoms with E-state index in [1.54, 1.807) is 11.4 Å². The van der Waals surface area contributed by atoms with Crippen molar-refractivity contribution in [2.45, 2.75) is 26.3 Å². The Morgan fingerprint density at radius 1 is 1.29 bits per heavy atom. The van der Waals surface area contributed by atoms with Gasteiger partial charge in [0.05, 0.1) is 19.8 Å². The van der Waals surface area contributed by atoms with Gasteiger partial charge in [0, 0.05) is 36.6 Å². The number of rotatable bonds is 8. The predicted octanol–water partition coefficient (Wildman–Crippen LogP) is 1.34. The summed E-state index contributed by atoms with van der Waals surface area (Å²) < 4.78 is 5.41. The second-order valence-corrected chi connectivity index (χ2v) is 7.21. The molecule has 1 aromatic heterocycles. The summed E-state index contributed by atoms with van der Waals surface area (Å²) in [7, 11) is 0. The summed E-state index contributed by atoms with van der Waals surface area (Å²) in [6, 6.07) is 2.06. The lowest BCUT2D eigenvalue weighted by molar-refractivity contribution is -0.120. The van der Waals surface area contributed by atoms with Crippen LogP contribution in [0.3, 0.4) is 0 Å². The second-order valence-electron chi connectivity index (χ2n) is 6.43. The van der Waals surface area contributed by atoms with Crippen molar-refractivity contribution in [2.24, 2.45) is 5.92 Å². The number of carbonyl (C=O) groups excluding carboxylic acids is 2. The summed E-state index contributed by atoms with van der Waals surface area (Å²) in [5.74, 6) is 0.201. The quantitative estimate of drug-likeness (QED) is 0.740. The van der Waals surface area contributed by atoms with E-state index in [0.29, 0.717) is 24.1 Å². The summed E-state index contributed by atoms with van der Waals surface area (Å²) in [5, 5.41) is 9.21. The Morgan fingerprint density at radius 2 is 2.04 bits per heavy atom. The van der Waals surface area contributed by atoms with Gasteiger partial charge in [-0.05, 0) is 23.8 Å². The number of thiophene rings is 1. The van der Waals surface area contributed by atoms with Gasteiger partial charge in [0.2, 0.25) is 5.91 Å². The molecule has 2 heterocycles. The van der Waals surface area contributed by atoms with Crippen molar-refractivity contribution in [1.29, 1.82) is 0 Å². The standard InChI is InChI=1S/C17H27N3O3S/c1-13(2)9-15(20-4-6-23-7-5-20)10-18-16(21)11-19-17(22)14-3-8-24-12-14/h3,8,12-13,15H,4-7,9-11H2,1-2H3,(H,18,21)(H,19,22). The molecular weight excluding hydrogens is 326 g/mol. The second kappa shape index (κ2) is 9.76. The number of ether oxygens (including phenoxy) is 1. The van der Waals surface area contributed by atoms with Crippen LogP contribution in [-0.2, 0) is 9.53 Å². The number of hydrogen-bond donors (Lipinski definition) is 2. The molecule has 2 rings (SSSR count). The van der Waals surface area contributed by atoms with Gasteiger partial charge >= 0.3 is 0 Å². The largest absolute Gasteiger partial charge is 0.379 e. The Bertz CT molecular complexity index is 513. The van der Waals surface area contributed by atoms with E-state index in [0.717, 1.165) is 32.7 Å². The van der Waals surface area contributed by atoms with Gasteiger partial charge in [-0.15, -0.1) is 0 Å². The minimum atomic E-state index is -0.210. The first-order chi connectivity index (χ1) is 11.6. The molecule has 0 spiro atoms. The van der Waals surface area contributed by atoms with Gasteiger partial charge in [0.1, 0.15) is 0 Å². The molecule has 0 aromatic carbocycles. The zero-order chi connectivity index (χ0) is 17.4. The minimum Gasteiger partial charge on any atom is -0.379 e. The van der Waals surface area contributed by atoms with Crippen molar-refractivity contribution in [1.82, 2.24) is 15.5 Å². The molecule has 1 aliphatic heterocycles. The van der Waals surface area contributed by atoms with E-state index in [-0.39, 0.29) is 18.4 Å². The van der Waals surface area contributed by atoms with E-state index < -0.39 is 0 Å². The van der Waals surface area contributed by atoms with E-state index in [4.69, 9.17) is 4.74 Å². The van der Waals surface area contributed by atoms with Gasteiger partial charge in [-0.2, -0.15) is 11.3 Å². The Labute approximate surface area is 147 Å². The van der Waals surface area contributed by atoms with Gasteiger partial charge in [0.15, 0.2) is 0 Å². The molecule has 1 atom stereocenters. The lowest BCUT2D eigenvalue weighted by Gasteiger charge is -2.35. The molecule has 0 aliphatic carbocycles. The zero-order valence-corrected chi connectivity index (χ0v) is 15.2. The molecule has 1 saturated heterocycles. The van der Waals surface area contributed by atoms with Crippen molar-refractivity contribution >= 4 is 23.2 Å². The topological polar surface area (TPSA) is 70.7 Å². The van der Waals surface area contributed by atoms with Crippen LogP contribution in [0.5, 0.6) is 0 Å². The number of nitrogens with one attached hydrogen (secondary N) is 2. The van der Waals surface area contributed by atoms with E-state index >= 15 is 0 Å². The molecule has 0 bridgehead atoms. The fourth-order valence-electron chi connectivity index (χ4n) is 2.80. The Hall–Kier alpha value is -1.44. The van der Waals surface area contributed by atoms with Gasteiger partial charge in [-0.1, -0.05) is 13.8 Å². The summed E-state index contributed by atoms with van der Waals surface area (Å²) >= 11 is 1.46. The number of carbonyl (C=O) groups is 2. The number of nitrogens with zero attached hydrogens (tertiary/aromatic N) is 1. The number of hydrogen-bond acceptors (Lipinski definition) is 5. The summed E-state index contributed by atoms with van der Waals surface area (Å²) in [6.45, 7) is 8.30. The highest BCUT2D eigenvalue weighted by Crippen LogP contribution is 2.13. The number of morpholine rings is 1. The van der Waals surface area contributed by atoms with Gasteiger partial charge in [0.25, 0.3) is 5.91 Å². The van der Waals surface area contributed by atoms with Crippen LogP contribution in [0, 0.1) is 5.92 Å². The highest BCUT2D eigenvalue weighted by Gasteiger charge is 2.22. The lowest BCUT2D eigenvalue weighted by Crippen LogP contribution is -2.50. The van der Waals surface area contributed by atoms with Crippen molar-refractivity contribution in [2.75, 3.05) is 39.4 Å². The van der Waals surface area contributed by atoms with Crippen molar-refractivity contribution in [3.05, 3.63) is 22.4 Å². The first-order valence-corrected chi connectivity index (χ1v) is 9.39. The maximum Gasteiger partial charge on any atom is 0.252 e. The molecule has 1 unspecified atom stereocenters. The highest BCUT2D eigenvalue weighted by atomic mass is 32.1. The summed E-state index contributed by atoms with van der Waals surface area (Å²) in [5.41, 5.74) is 0.596. The molecular formula is C17H27N3O3S. The maximum atomic E-state index is 12.0. The molecule has 24 heavy (non-hydrogen) atoms. The Morgan fingerprint density at radius 3 is 2.67 bits per heavy atom. The average Bonchev–Trinajstić information content (AvgIpc) is 3.11.